The molecule has 2 saturated heterocycles. The molecule has 4 heteroatoms. The van der Waals surface area contributed by atoms with Gasteiger partial charge in [0, 0.05) is 13.0 Å². The molecule has 1 amide bonds. The van der Waals surface area contributed by atoms with Crippen molar-refractivity contribution < 1.29 is 9.53 Å². The van der Waals surface area contributed by atoms with Crippen LogP contribution in [0.15, 0.2) is 0 Å². The summed E-state index contributed by atoms with van der Waals surface area (Å²) in [6.45, 7) is 10.0. The molecule has 0 aliphatic carbocycles. The summed E-state index contributed by atoms with van der Waals surface area (Å²) in [6.07, 6.45) is 2.91. The highest BCUT2D eigenvalue weighted by Crippen LogP contribution is 2.33. The van der Waals surface area contributed by atoms with Gasteiger partial charge in [-0.2, -0.15) is 0 Å². The van der Waals surface area contributed by atoms with Crippen molar-refractivity contribution in [2.45, 2.75) is 45.6 Å². The average Bonchev–Trinajstić information content (AvgIpc) is 2.37. The summed E-state index contributed by atoms with van der Waals surface area (Å²) in [4.78, 5) is 13.8. The van der Waals surface area contributed by atoms with Crippen LogP contribution >= 0.6 is 0 Å². The largest absolute Gasteiger partial charge is 0.441 e. The number of ether oxygens (including phenoxy) is 1. The highest BCUT2D eigenvalue weighted by atomic mass is 16.6. The molecule has 0 saturated carbocycles. The third-order valence-electron chi connectivity index (χ3n) is 3.45. The molecule has 1 atom stereocenters. The normalized spacial score (nSPS) is 30.5. The summed E-state index contributed by atoms with van der Waals surface area (Å²) in [6, 6.07) is 0. The fourth-order valence-corrected chi connectivity index (χ4v) is 2.75. The zero-order chi connectivity index (χ0) is 12.5. The monoisotopic (exact) mass is 240 g/mol. The Morgan fingerprint density at radius 2 is 2.12 bits per heavy atom. The summed E-state index contributed by atoms with van der Waals surface area (Å²) in [5.74, 6) is 0. The van der Waals surface area contributed by atoms with Gasteiger partial charge in [0.15, 0.2) is 0 Å². The topological polar surface area (TPSA) is 41.6 Å². The second kappa shape index (κ2) is 4.48. The molecular formula is C13H24N2O2. The van der Waals surface area contributed by atoms with E-state index in [1.165, 1.54) is 0 Å². The first-order valence-electron chi connectivity index (χ1n) is 6.59. The molecule has 2 aliphatic rings. The maximum Gasteiger partial charge on any atom is 0.410 e. The van der Waals surface area contributed by atoms with E-state index < -0.39 is 0 Å². The standard InChI is InChI=1S/C13H24N2O2/c1-12(2,3)9-15-10-13(17-11(15)16)5-4-7-14-8-6-13/h14H,4-10H2,1-3H3. The van der Waals surface area contributed by atoms with Crippen LogP contribution in [0, 0.1) is 5.41 Å². The lowest BCUT2D eigenvalue weighted by Crippen LogP contribution is -2.38. The number of carbonyl (C=O) groups is 1. The molecule has 1 spiro atoms. The first kappa shape index (κ1) is 12.7. The van der Waals surface area contributed by atoms with Gasteiger partial charge in [-0.15, -0.1) is 0 Å². The quantitative estimate of drug-likeness (QED) is 0.762. The van der Waals surface area contributed by atoms with E-state index in [1.54, 1.807) is 0 Å². The summed E-state index contributed by atoms with van der Waals surface area (Å²) in [5.41, 5.74) is -0.0840. The predicted molar refractivity (Wildman–Crippen MR) is 67.0 cm³/mol. The van der Waals surface area contributed by atoms with Crippen molar-refractivity contribution in [3.63, 3.8) is 0 Å². The van der Waals surface area contributed by atoms with Gasteiger partial charge in [0.05, 0.1) is 6.54 Å². The molecule has 1 N–H and O–H groups in total. The lowest BCUT2D eigenvalue weighted by Gasteiger charge is -2.27. The maximum absolute atomic E-state index is 11.9. The Kier molecular flexibility index (Phi) is 3.34. The first-order chi connectivity index (χ1) is 7.90. The average molecular weight is 240 g/mol. The van der Waals surface area contributed by atoms with E-state index in [-0.39, 0.29) is 17.1 Å². The summed E-state index contributed by atoms with van der Waals surface area (Å²) in [5, 5.41) is 3.37. The Hall–Kier alpha value is -0.770. The summed E-state index contributed by atoms with van der Waals surface area (Å²) in [7, 11) is 0. The highest BCUT2D eigenvalue weighted by Gasteiger charge is 2.45. The van der Waals surface area contributed by atoms with Crippen molar-refractivity contribution >= 4 is 6.09 Å². The van der Waals surface area contributed by atoms with E-state index in [0.717, 1.165) is 45.4 Å². The van der Waals surface area contributed by atoms with Gasteiger partial charge in [0.25, 0.3) is 0 Å². The lowest BCUT2D eigenvalue weighted by molar-refractivity contribution is 0.0469. The van der Waals surface area contributed by atoms with Gasteiger partial charge in [0.2, 0.25) is 0 Å². The molecule has 0 aromatic carbocycles. The zero-order valence-corrected chi connectivity index (χ0v) is 11.2. The number of amides is 1. The minimum atomic E-state index is -0.216. The minimum Gasteiger partial charge on any atom is -0.441 e. The SMILES string of the molecule is CC(C)(C)CN1CC2(CCCNCC2)OC1=O. The zero-order valence-electron chi connectivity index (χ0n) is 11.2. The number of rotatable bonds is 1. The van der Waals surface area contributed by atoms with E-state index in [2.05, 4.69) is 26.1 Å². The van der Waals surface area contributed by atoms with E-state index in [0.29, 0.717) is 0 Å². The third kappa shape index (κ3) is 3.12. The molecule has 17 heavy (non-hydrogen) atoms. The highest BCUT2D eigenvalue weighted by molar-refractivity contribution is 5.70. The fourth-order valence-electron chi connectivity index (χ4n) is 2.75. The predicted octanol–water partition coefficient (Wildman–Crippen LogP) is 2.00. The van der Waals surface area contributed by atoms with Crippen LogP contribution < -0.4 is 5.32 Å². The Morgan fingerprint density at radius 3 is 2.82 bits per heavy atom. The summed E-state index contributed by atoms with van der Waals surface area (Å²) >= 11 is 0. The number of carbonyl (C=O) groups excluding carboxylic acids is 1. The van der Waals surface area contributed by atoms with Crippen molar-refractivity contribution in [2.75, 3.05) is 26.2 Å². The van der Waals surface area contributed by atoms with Gasteiger partial charge >= 0.3 is 6.09 Å². The molecule has 0 radical (unpaired) electrons. The molecule has 2 rings (SSSR count). The van der Waals surface area contributed by atoms with Gasteiger partial charge in [-0.25, -0.2) is 4.79 Å². The van der Waals surface area contributed by atoms with E-state index in [1.807, 2.05) is 4.90 Å². The van der Waals surface area contributed by atoms with Gasteiger partial charge in [-0.3, -0.25) is 0 Å². The molecule has 1 unspecified atom stereocenters. The van der Waals surface area contributed by atoms with Gasteiger partial charge in [0.1, 0.15) is 5.60 Å². The van der Waals surface area contributed by atoms with Gasteiger partial charge < -0.3 is 15.0 Å². The Labute approximate surface area is 104 Å². The number of hydrogen-bond donors (Lipinski definition) is 1. The summed E-state index contributed by atoms with van der Waals surface area (Å²) < 4.78 is 5.68. The van der Waals surface area contributed by atoms with Crippen molar-refractivity contribution in [1.29, 1.82) is 0 Å². The molecule has 2 aliphatic heterocycles. The smallest absolute Gasteiger partial charge is 0.410 e. The Morgan fingerprint density at radius 1 is 1.35 bits per heavy atom. The molecule has 0 aromatic rings. The van der Waals surface area contributed by atoms with Crippen LogP contribution in [0.3, 0.4) is 0 Å². The number of nitrogens with one attached hydrogen (secondary N) is 1. The van der Waals surface area contributed by atoms with Crippen LogP contribution in [-0.2, 0) is 4.74 Å². The van der Waals surface area contributed by atoms with E-state index in [9.17, 15) is 4.79 Å². The lowest BCUT2D eigenvalue weighted by atomic mass is 9.92. The molecule has 98 valence electrons. The maximum atomic E-state index is 11.9. The molecule has 0 bridgehead atoms. The van der Waals surface area contributed by atoms with E-state index in [4.69, 9.17) is 4.74 Å². The van der Waals surface area contributed by atoms with Crippen LogP contribution in [0.5, 0.6) is 0 Å². The Balaban J connectivity index is 2.02. The second-order valence-corrected chi connectivity index (χ2v) is 6.57. The van der Waals surface area contributed by atoms with Crippen molar-refractivity contribution in [3.8, 4) is 0 Å². The van der Waals surface area contributed by atoms with Crippen molar-refractivity contribution in [2.24, 2.45) is 5.41 Å². The first-order valence-corrected chi connectivity index (χ1v) is 6.59. The fraction of sp³-hybridized carbons (Fsp3) is 0.923. The molecule has 4 nitrogen and oxygen atoms in total. The van der Waals surface area contributed by atoms with Gasteiger partial charge in [-0.1, -0.05) is 20.8 Å². The molecule has 0 aromatic heterocycles. The van der Waals surface area contributed by atoms with Crippen LogP contribution in [0.1, 0.15) is 40.0 Å². The molecular weight excluding hydrogens is 216 g/mol. The van der Waals surface area contributed by atoms with Crippen LogP contribution in [0.4, 0.5) is 4.79 Å². The minimum absolute atomic E-state index is 0.123. The van der Waals surface area contributed by atoms with Crippen LogP contribution in [0.25, 0.3) is 0 Å². The van der Waals surface area contributed by atoms with Crippen LogP contribution in [0.2, 0.25) is 0 Å². The van der Waals surface area contributed by atoms with Crippen molar-refractivity contribution in [1.82, 2.24) is 10.2 Å². The second-order valence-electron chi connectivity index (χ2n) is 6.57. The Bertz CT molecular complexity index is 288. The molecule has 2 heterocycles. The van der Waals surface area contributed by atoms with Crippen LogP contribution in [-0.4, -0.2) is 42.8 Å². The number of nitrogens with zero attached hydrogens (tertiary/aromatic N) is 1. The van der Waals surface area contributed by atoms with Crippen molar-refractivity contribution in [3.05, 3.63) is 0 Å². The van der Waals surface area contributed by atoms with E-state index >= 15 is 0 Å². The molecule has 2 fully saturated rings. The van der Waals surface area contributed by atoms with Gasteiger partial charge in [-0.05, 0) is 31.3 Å². The third-order valence-corrected chi connectivity index (χ3v) is 3.45. The number of hydrogen-bond acceptors (Lipinski definition) is 3.